The summed E-state index contributed by atoms with van der Waals surface area (Å²) in [6.45, 7) is 1.01. The van der Waals surface area contributed by atoms with Crippen molar-refractivity contribution in [2.75, 3.05) is 23.3 Å². The smallest absolute Gasteiger partial charge is 0.356 e. The summed E-state index contributed by atoms with van der Waals surface area (Å²) >= 11 is 0. The van der Waals surface area contributed by atoms with E-state index in [0.717, 1.165) is 12.3 Å². The number of aromatic nitrogens is 1. The van der Waals surface area contributed by atoms with Gasteiger partial charge in [-0.05, 0) is 49.2 Å². The Bertz CT molecular complexity index is 1200. The zero-order chi connectivity index (χ0) is 25.0. The molecule has 182 valence electrons. The number of nitro benzene ring substituents is 1. The summed E-state index contributed by atoms with van der Waals surface area (Å²) in [5, 5.41) is 17.5. The number of anilines is 3. The van der Waals surface area contributed by atoms with Gasteiger partial charge < -0.3 is 15.5 Å². The molecule has 0 bridgehead atoms. The largest absolute Gasteiger partial charge is 0.417 e. The molecule has 1 aromatic heterocycles. The highest BCUT2D eigenvalue weighted by Gasteiger charge is 2.31. The molecule has 0 saturated carbocycles. The van der Waals surface area contributed by atoms with E-state index in [1.165, 1.54) is 24.3 Å². The number of hydrogen-bond donors (Lipinski definition) is 2. The number of carbonyl (C=O) groups is 1. The zero-order valence-corrected chi connectivity index (χ0v) is 18.5. The second kappa shape index (κ2) is 10.00. The number of piperidine rings is 1. The van der Waals surface area contributed by atoms with Gasteiger partial charge in [0.15, 0.2) is 0 Å². The van der Waals surface area contributed by atoms with E-state index >= 15 is 0 Å². The molecule has 0 aliphatic carbocycles. The van der Waals surface area contributed by atoms with Gasteiger partial charge in [-0.2, -0.15) is 13.2 Å². The molecule has 8 nitrogen and oxygen atoms in total. The quantitative estimate of drug-likeness (QED) is 0.370. The van der Waals surface area contributed by atoms with Crippen LogP contribution in [0.15, 0.2) is 66.9 Å². The molecule has 1 amide bonds. The molecular weight excluding hydrogens is 463 g/mol. The molecule has 0 radical (unpaired) electrons. The van der Waals surface area contributed by atoms with E-state index in [1.54, 1.807) is 24.3 Å². The third kappa shape index (κ3) is 5.86. The van der Waals surface area contributed by atoms with Crippen LogP contribution >= 0.6 is 0 Å². The fourth-order valence-electron chi connectivity index (χ4n) is 3.87. The maximum Gasteiger partial charge on any atom is 0.417 e. The molecule has 11 heteroatoms. The summed E-state index contributed by atoms with van der Waals surface area (Å²) in [5.41, 5.74) is 0.103. The van der Waals surface area contributed by atoms with E-state index in [9.17, 15) is 28.1 Å². The van der Waals surface area contributed by atoms with Crippen LogP contribution in [0.5, 0.6) is 0 Å². The number of nitrogens with zero attached hydrogens (tertiary/aromatic N) is 3. The van der Waals surface area contributed by atoms with Crippen molar-refractivity contribution in [2.45, 2.75) is 25.1 Å². The molecule has 35 heavy (non-hydrogen) atoms. The van der Waals surface area contributed by atoms with Crippen LogP contribution in [0.3, 0.4) is 0 Å². The van der Waals surface area contributed by atoms with Crippen molar-refractivity contribution >= 4 is 28.8 Å². The molecule has 4 rings (SSSR count). The van der Waals surface area contributed by atoms with Crippen molar-refractivity contribution in [3.8, 4) is 0 Å². The van der Waals surface area contributed by atoms with Crippen LogP contribution in [0.4, 0.5) is 36.1 Å². The fourth-order valence-corrected chi connectivity index (χ4v) is 3.87. The van der Waals surface area contributed by atoms with Gasteiger partial charge in [0.25, 0.3) is 11.6 Å². The number of rotatable bonds is 6. The molecule has 2 N–H and O–H groups in total. The lowest BCUT2D eigenvalue weighted by Crippen LogP contribution is -2.45. The lowest BCUT2D eigenvalue weighted by atomic mass is 10.0. The number of benzene rings is 2. The molecule has 2 heterocycles. The summed E-state index contributed by atoms with van der Waals surface area (Å²) < 4.78 is 38.2. The minimum absolute atomic E-state index is 0.169. The maximum atomic E-state index is 12.8. The van der Waals surface area contributed by atoms with Crippen molar-refractivity contribution in [2.24, 2.45) is 0 Å². The van der Waals surface area contributed by atoms with Crippen molar-refractivity contribution in [3.05, 3.63) is 88.1 Å². The van der Waals surface area contributed by atoms with E-state index in [1.807, 2.05) is 11.0 Å². The average molecular weight is 485 g/mol. The van der Waals surface area contributed by atoms with Crippen LogP contribution in [0, 0.1) is 10.1 Å². The second-order valence-corrected chi connectivity index (χ2v) is 8.12. The van der Waals surface area contributed by atoms with Gasteiger partial charge in [0.05, 0.1) is 10.5 Å². The van der Waals surface area contributed by atoms with Gasteiger partial charge in [0.1, 0.15) is 11.5 Å². The molecule has 0 unspecified atom stereocenters. The lowest BCUT2D eigenvalue weighted by Gasteiger charge is -2.33. The highest BCUT2D eigenvalue weighted by molar-refractivity contribution is 5.96. The summed E-state index contributed by atoms with van der Waals surface area (Å²) in [4.78, 5) is 29.6. The minimum Gasteiger partial charge on any atom is -0.356 e. The molecule has 2 aromatic carbocycles. The van der Waals surface area contributed by atoms with Gasteiger partial charge in [-0.25, -0.2) is 4.98 Å². The first-order valence-corrected chi connectivity index (χ1v) is 10.9. The fraction of sp³-hybridized carbons (Fsp3) is 0.250. The van der Waals surface area contributed by atoms with Gasteiger partial charge >= 0.3 is 6.18 Å². The monoisotopic (exact) mass is 485 g/mol. The van der Waals surface area contributed by atoms with Crippen molar-refractivity contribution < 1.29 is 22.9 Å². The van der Waals surface area contributed by atoms with E-state index in [-0.39, 0.29) is 23.0 Å². The van der Waals surface area contributed by atoms with Crippen LogP contribution < -0.4 is 15.5 Å². The van der Waals surface area contributed by atoms with Crippen LogP contribution in [0.2, 0.25) is 0 Å². The Morgan fingerprint density at radius 2 is 1.77 bits per heavy atom. The standard InChI is InChI=1S/C24H22F3N5O3/c25-24(26,27)17-7-9-22(28-15-17)31-12-10-19(11-13-31)30-23(33)16-6-8-20(21(14-16)32(34)35)29-18-4-2-1-3-5-18/h1-9,14-15,19,29H,10-13H2,(H,30,33). The second-order valence-electron chi connectivity index (χ2n) is 8.12. The van der Waals surface area contributed by atoms with Crippen LogP contribution in [0.1, 0.15) is 28.8 Å². The highest BCUT2D eigenvalue weighted by Crippen LogP contribution is 2.30. The van der Waals surface area contributed by atoms with Gasteiger partial charge in [-0.1, -0.05) is 18.2 Å². The number of para-hydroxylation sites is 1. The number of pyridine rings is 1. The number of amides is 1. The summed E-state index contributed by atoms with van der Waals surface area (Å²) in [5.74, 6) is 0.0189. The van der Waals surface area contributed by atoms with Crippen LogP contribution in [-0.2, 0) is 6.18 Å². The summed E-state index contributed by atoms with van der Waals surface area (Å²) in [7, 11) is 0. The third-order valence-electron chi connectivity index (χ3n) is 5.74. The topological polar surface area (TPSA) is 100 Å². The Balaban J connectivity index is 1.37. The minimum atomic E-state index is -4.44. The Kier molecular flexibility index (Phi) is 6.85. The van der Waals surface area contributed by atoms with Gasteiger partial charge in [0, 0.05) is 42.6 Å². The average Bonchev–Trinajstić information content (AvgIpc) is 2.85. The molecule has 1 aliphatic rings. The van der Waals surface area contributed by atoms with Gasteiger partial charge in [-0.15, -0.1) is 0 Å². The van der Waals surface area contributed by atoms with E-state index in [0.29, 0.717) is 37.4 Å². The van der Waals surface area contributed by atoms with Gasteiger partial charge in [-0.3, -0.25) is 14.9 Å². The first-order chi connectivity index (χ1) is 16.7. The Hall–Kier alpha value is -4.15. The first kappa shape index (κ1) is 24.0. The molecule has 1 aliphatic heterocycles. The molecule has 3 aromatic rings. The number of halogens is 3. The molecule has 1 saturated heterocycles. The Morgan fingerprint density at radius 3 is 2.37 bits per heavy atom. The lowest BCUT2D eigenvalue weighted by molar-refractivity contribution is -0.383. The number of alkyl halides is 3. The van der Waals surface area contributed by atoms with Crippen LogP contribution in [-0.4, -0.2) is 34.9 Å². The third-order valence-corrected chi connectivity index (χ3v) is 5.74. The molecule has 0 spiro atoms. The summed E-state index contributed by atoms with van der Waals surface area (Å²) in [6.07, 6.45) is -2.51. The van der Waals surface area contributed by atoms with Crippen molar-refractivity contribution in [1.29, 1.82) is 0 Å². The Morgan fingerprint density at radius 1 is 1.06 bits per heavy atom. The number of carbonyl (C=O) groups excluding carboxylic acids is 1. The van der Waals surface area contributed by atoms with E-state index < -0.39 is 22.6 Å². The molecular formula is C24H22F3N5O3. The summed E-state index contributed by atoms with van der Waals surface area (Å²) in [6, 6.07) is 15.4. The maximum absolute atomic E-state index is 12.8. The number of hydrogen-bond acceptors (Lipinski definition) is 6. The first-order valence-electron chi connectivity index (χ1n) is 10.9. The van der Waals surface area contributed by atoms with Crippen molar-refractivity contribution in [1.82, 2.24) is 10.3 Å². The molecule has 0 atom stereocenters. The molecule has 1 fully saturated rings. The van der Waals surface area contributed by atoms with Crippen molar-refractivity contribution in [3.63, 3.8) is 0 Å². The number of nitrogens with one attached hydrogen (secondary N) is 2. The van der Waals surface area contributed by atoms with Crippen LogP contribution in [0.25, 0.3) is 0 Å². The van der Waals surface area contributed by atoms with E-state index in [2.05, 4.69) is 15.6 Å². The Labute approximate surface area is 198 Å². The predicted octanol–water partition coefficient (Wildman–Crippen LogP) is 5.15. The van der Waals surface area contributed by atoms with Gasteiger partial charge in [0.2, 0.25) is 0 Å². The SMILES string of the molecule is O=C(NC1CCN(c2ccc(C(F)(F)F)cn2)CC1)c1ccc(Nc2ccccc2)c([N+](=O)[O-])c1. The number of nitro groups is 1. The zero-order valence-electron chi connectivity index (χ0n) is 18.5. The normalized spacial score (nSPS) is 14.4. The highest BCUT2D eigenvalue weighted by atomic mass is 19.4. The van der Waals surface area contributed by atoms with E-state index in [4.69, 9.17) is 0 Å². The predicted molar refractivity (Wildman–Crippen MR) is 125 cm³/mol.